The summed E-state index contributed by atoms with van der Waals surface area (Å²) in [6.45, 7) is 0. The van der Waals surface area contributed by atoms with Crippen molar-refractivity contribution in [2.75, 3.05) is 5.32 Å². The summed E-state index contributed by atoms with van der Waals surface area (Å²) in [6, 6.07) is 0.406. The Morgan fingerprint density at radius 1 is 1.33 bits per heavy atom. The molecule has 3 unspecified atom stereocenters. The SMILES string of the molecule is Ic1cnc(NC2CC3CCC2O3)nc1. The van der Waals surface area contributed by atoms with E-state index >= 15 is 0 Å². The number of fused-ring (bicyclic) bond motifs is 2. The lowest BCUT2D eigenvalue weighted by atomic mass is 9.96. The van der Waals surface area contributed by atoms with E-state index in [-0.39, 0.29) is 0 Å². The minimum absolute atomic E-state index is 0.373. The minimum atomic E-state index is 0.373. The van der Waals surface area contributed by atoms with Crippen LogP contribution in [-0.2, 0) is 4.74 Å². The van der Waals surface area contributed by atoms with E-state index in [1.54, 1.807) is 0 Å². The molecule has 5 heteroatoms. The number of aromatic nitrogens is 2. The Labute approximate surface area is 102 Å². The van der Waals surface area contributed by atoms with Crippen LogP contribution in [0.2, 0.25) is 0 Å². The Hall–Kier alpha value is -0.430. The second-order valence-electron chi connectivity index (χ2n) is 4.09. The van der Waals surface area contributed by atoms with Crippen LogP contribution in [-0.4, -0.2) is 28.2 Å². The fourth-order valence-corrected chi connectivity index (χ4v) is 2.62. The van der Waals surface area contributed by atoms with Crippen molar-refractivity contribution in [1.82, 2.24) is 9.97 Å². The average molecular weight is 317 g/mol. The van der Waals surface area contributed by atoms with Gasteiger partial charge in [0.15, 0.2) is 0 Å². The van der Waals surface area contributed by atoms with Gasteiger partial charge in [0.25, 0.3) is 0 Å². The molecule has 3 heterocycles. The highest BCUT2D eigenvalue weighted by Crippen LogP contribution is 2.35. The highest BCUT2D eigenvalue weighted by molar-refractivity contribution is 14.1. The molecule has 0 saturated carbocycles. The van der Waals surface area contributed by atoms with Crippen molar-refractivity contribution >= 4 is 28.5 Å². The average Bonchev–Trinajstić information content (AvgIpc) is 2.83. The number of halogens is 1. The van der Waals surface area contributed by atoms with Crippen molar-refractivity contribution in [2.45, 2.75) is 37.5 Å². The van der Waals surface area contributed by atoms with E-state index in [0.717, 1.165) is 15.9 Å². The summed E-state index contributed by atoms with van der Waals surface area (Å²) >= 11 is 2.20. The number of nitrogens with zero attached hydrogens (tertiary/aromatic N) is 2. The predicted octanol–water partition coefficient (Wildman–Crippen LogP) is 1.81. The van der Waals surface area contributed by atoms with Gasteiger partial charge in [-0.15, -0.1) is 0 Å². The second kappa shape index (κ2) is 3.86. The molecule has 0 aromatic carbocycles. The highest BCUT2D eigenvalue weighted by Gasteiger charge is 2.40. The van der Waals surface area contributed by atoms with Crippen LogP contribution in [0.4, 0.5) is 5.95 Å². The zero-order valence-electron chi connectivity index (χ0n) is 8.19. The number of ether oxygens (including phenoxy) is 1. The van der Waals surface area contributed by atoms with Crippen molar-refractivity contribution in [2.24, 2.45) is 0 Å². The molecule has 3 rings (SSSR count). The Morgan fingerprint density at radius 2 is 2.13 bits per heavy atom. The van der Waals surface area contributed by atoms with Gasteiger partial charge in [0.05, 0.1) is 18.2 Å². The molecule has 1 aromatic heterocycles. The number of nitrogens with one attached hydrogen (secondary N) is 1. The summed E-state index contributed by atoms with van der Waals surface area (Å²) in [6.07, 6.45) is 7.98. The smallest absolute Gasteiger partial charge is 0.222 e. The van der Waals surface area contributed by atoms with E-state index in [1.165, 1.54) is 12.8 Å². The maximum absolute atomic E-state index is 5.76. The highest BCUT2D eigenvalue weighted by atomic mass is 127. The largest absolute Gasteiger partial charge is 0.373 e. The molecule has 2 aliphatic rings. The van der Waals surface area contributed by atoms with Gasteiger partial charge >= 0.3 is 0 Å². The van der Waals surface area contributed by atoms with Crippen LogP contribution < -0.4 is 5.32 Å². The van der Waals surface area contributed by atoms with Crippen LogP contribution in [0.3, 0.4) is 0 Å². The lowest BCUT2D eigenvalue weighted by Crippen LogP contribution is -2.31. The van der Waals surface area contributed by atoms with Crippen LogP contribution in [0.15, 0.2) is 12.4 Å². The number of hydrogen-bond acceptors (Lipinski definition) is 4. The molecule has 2 bridgehead atoms. The second-order valence-corrected chi connectivity index (χ2v) is 5.33. The predicted molar refractivity (Wildman–Crippen MR) is 64.7 cm³/mol. The molecule has 0 aliphatic carbocycles. The van der Waals surface area contributed by atoms with E-state index in [1.807, 2.05) is 12.4 Å². The van der Waals surface area contributed by atoms with Gasteiger partial charge in [-0.2, -0.15) is 0 Å². The van der Waals surface area contributed by atoms with E-state index in [9.17, 15) is 0 Å². The van der Waals surface area contributed by atoms with Crippen LogP contribution in [0.1, 0.15) is 19.3 Å². The first-order chi connectivity index (χ1) is 7.31. The molecular weight excluding hydrogens is 305 g/mol. The molecule has 0 radical (unpaired) electrons. The van der Waals surface area contributed by atoms with Crippen LogP contribution in [0, 0.1) is 3.57 Å². The topological polar surface area (TPSA) is 47.0 Å². The molecular formula is C10H12IN3O. The standard InChI is InChI=1S/C10H12IN3O/c11-6-4-12-10(13-5-6)14-8-3-7-1-2-9(8)15-7/h4-5,7-9H,1-3H2,(H,12,13,14). The molecule has 2 fully saturated rings. The maximum Gasteiger partial charge on any atom is 0.222 e. The number of anilines is 1. The van der Waals surface area contributed by atoms with Crippen molar-refractivity contribution < 1.29 is 4.74 Å². The quantitative estimate of drug-likeness (QED) is 0.845. The molecule has 1 N–H and O–H groups in total. The molecule has 2 saturated heterocycles. The van der Waals surface area contributed by atoms with Crippen molar-refractivity contribution in [1.29, 1.82) is 0 Å². The first-order valence-electron chi connectivity index (χ1n) is 5.21. The Morgan fingerprint density at radius 3 is 2.73 bits per heavy atom. The fraction of sp³-hybridized carbons (Fsp3) is 0.600. The van der Waals surface area contributed by atoms with E-state index in [4.69, 9.17) is 4.74 Å². The Bertz CT molecular complexity index is 356. The van der Waals surface area contributed by atoms with Gasteiger partial charge in [-0.1, -0.05) is 0 Å². The molecule has 0 spiro atoms. The lowest BCUT2D eigenvalue weighted by molar-refractivity contribution is 0.102. The molecule has 0 amide bonds. The first kappa shape index (κ1) is 9.77. The number of rotatable bonds is 2. The summed E-state index contributed by atoms with van der Waals surface area (Å²) in [5.74, 6) is 0.719. The third kappa shape index (κ3) is 1.94. The van der Waals surface area contributed by atoms with E-state index in [0.29, 0.717) is 18.2 Å². The number of hydrogen-bond donors (Lipinski definition) is 1. The molecule has 80 valence electrons. The van der Waals surface area contributed by atoms with E-state index < -0.39 is 0 Å². The van der Waals surface area contributed by atoms with Crippen molar-refractivity contribution in [3.8, 4) is 0 Å². The van der Waals surface area contributed by atoms with Gasteiger partial charge in [-0.3, -0.25) is 0 Å². The van der Waals surface area contributed by atoms with Crippen LogP contribution >= 0.6 is 22.6 Å². The maximum atomic E-state index is 5.76. The molecule has 2 aliphatic heterocycles. The first-order valence-corrected chi connectivity index (χ1v) is 6.29. The van der Waals surface area contributed by atoms with Crippen molar-refractivity contribution in [3.63, 3.8) is 0 Å². The van der Waals surface area contributed by atoms with Crippen LogP contribution in [0.5, 0.6) is 0 Å². The Balaban J connectivity index is 1.68. The third-order valence-corrected chi connectivity index (χ3v) is 3.60. The normalized spacial score (nSPS) is 33.3. The van der Waals surface area contributed by atoms with E-state index in [2.05, 4.69) is 37.9 Å². The molecule has 3 atom stereocenters. The lowest BCUT2D eigenvalue weighted by Gasteiger charge is -2.19. The third-order valence-electron chi connectivity index (χ3n) is 3.04. The van der Waals surface area contributed by atoms with Gasteiger partial charge in [0.2, 0.25) is 5.95 Å². The summed E-state index contributed by atoms with van der Waals surface area (Å²) in [5.41, 5.74) is 0. The summed E-state index contributed by atoms with van der Waals surface area (Å²) < 4.78 is 6.82. The summed E-state index contributed by atoms with van der Waals surface area (Å²) in [4.78, 5) is 8.48. The van der Waals surface area contributed by atoms with Gasteiger partial charge in [0.1, 0.15) is 0 Å². The molecule has 4 nitrogen and oxygen atoms in total. The zero-order chi connectivity index (χ0) is 10.3. The van der Waals surface area contributed by atoms with Gasteiger partial charge in [0, 0.05) is 16.0 Å². The van der Waals surface area contributed by atoms with Crippen LogP contribution in [0.25, 0.3) is 0 Å². The van der Waals surface area contributed by atoms with Gasteiger partial charge < -0.3 is 10.1 Å². The molecule has 1 aromatic rings. The summed E-state index contributed by atoms with van der Waals surface area (Å²) in [7, 11) is 0. The monoisotopic (exact) mass is 317 g/mol. The Kier molecular flexibility index (Phi) is 2.51. The van der Waals surface area contributed by atoms with Crippen molar-refractivity contribution in [3.05, 3.63) is 16.0 Å². The molecule has 15 heavy (non-hydrogen) atoms. The van der Waals surface area contributed by atoms with Gasteiger partial charge in [-0.05, 0) is 41.9 Å². The van der Waals surface area contributed by atoms with Gasteiger partial charge in [-0.25, -0.2) is 9.97 Å². The fourth-order valence-electron chi connectivity index (χ4n) is 2.34. The summed E-state index contributed by atoms with van der Waals surface area (Å²) in [5, 5.41) is 3.35. The zero-order valence-corrected chi connectivity index (χ0v) is 10.3. The minimum Gasteiger partial charge on any atom is -0.373 e.